The summed E-state index contributed by atoms with van der Waals surface area (Å²) in [6.45, 7) is 6.63. The van der Waals surface area contributed by atoms with Crippen LogP contribution in [0.5, 0.6) is 11.5 Å². The van der Waals surface area contributed by atoms with Crippen LogP contribution in [0.4, 0.5) is 5.69 Å². The third kappa shape index (κ3) is 5.74. The zero-order valence-electron chi connectivity index (χ0n) is 15.9. The van der Waals surface area contributed by atoms with E-state index >= 15 is 0 Å². The first-order chi connectivity index (χ1) is 13.6. The van der Waals surface area contributed by atoms with Gasteiger partial charge in [0.05, 0.1) is 0 Å². The Morgan fingerprint density at radius 2 is 1.64 bits per heavy atom. The van der Waals surface area contributed by atoms with E-state index in [0.717, 1.165) is 16.9 Å². The van der Waals surface area contributed by atoms with E-state index in [-0.39, 0.29) is 5.91 Å². The Morgan fingerprint density at radius 3 is 2.36 bits per heavy atom. The summed E-state index contributed by atoms with van der Waals surface area (Å²) in [6.07, 6.45) is 0. The van der Waals surface area contributed by atoms with Crippen molar-refractivity contribution in [3.8, 4) is 11.5 Å². The van der Waals surface area contributed by atoms with Gasteiger partial charge in [-0.15, -0.1) is 0 Å². The molecule has 4 nitrogen and oxygen atoms in total. The summed E-state index contributed by atoms with van der Waals surface area (Å²) >= 11 is 0. The second-order valence-corrected chi connectivity index (χ2v) is 6.53. The van der Waals surface area contributed by atoms with Crippen molar-refractivity contribution in [3.63, 3.8) is 0 Å². The Hall–Kier alpha value is -3.53. The molecule has 0 aliphatic carbocycles. The third-order valence-corrected chi connectivity index (χ3v) is 3.94. The maximum Gasteiger partial charge on any atom is 0.255 e. The van der Waals surface area contributed by atoms with Crippen LogP contribution in [0.25, 0.3) is 0 Å². The summed E-state index contributed by atoms with van der Waals surface area (Å²) in [7, 11) is 0. The molecule has 3 rings (SSSR count). The molecule has 0 heterocycles. The van der Waals surface area contributed by atoms with E-state index in [9.17, 15) is 4.79 Å². The Kier molecular flexibility index (Phi) is 6.47. The van der Waals surface area contributed by atoms with Crippen LogP contribution in [-0.2, 0) is 6.61 Å². The number of anilines is 1. The minimum Gasteiger partial charge on any atom is -0.489 e. The first-order valence-electron chi connectivity index (χ1n) is 9.05. The predicted molar refractivity (Wildman–Crippen MR) is 112 cm³/mol. The number of carbonyl (C=O) groups is 1. The monoisotopic (exact) mass is 373 g/mol. The molecule has 0 radical (unpaired) electrons. The van der Waals surface area contributed by atoms with Crippen LogP contribution in [0.2, 0.25) is 0 Å². The number of hydrogen-bond donors (Lipinski definition) is 1. The Balaban J connectivity index is 1.57. The van der Waals surface area contributed by atoms with Crippen molar-refractivity contribution in [2.75, 3.05) is 11.9 Å². The van der Waals surface area contributed by atoms with Crippen molar-refractivity contribution in [2.24, 2.45) is 0 Å². The quantitative estimate of drug-likeness (QED) is 0.532. The predicted octanol–water partition coefficient (Wildman–Crippen LogP) is 5.47. The molecule has 3 aromatic rings. The Morgan fingerprint density at radius 1 is 0.893 bits per heavy atom. The van der Waals surface area contributed by atoms with Gasteiger partial charge in [0.25, 0.3) is 5.91 Å². The number of amides is 1. The third-order valence-electron chi connectivity index (χ3n) is 3.94. The maximum absolute atomic E-state index is 12.5. The van der Waals surface area contributed by atoms with E-state index in [2.05, 4.69) is 11.9 Å². The van der Waals surface area contributed by atoms with E-state index < -0.39 is 0 Å². The lowest BCUT2D eigenvalue weighted by Crippen LogP contribution is -2.12. The van der Waals surface area contributed by atoms with Gasteiger partial charge in [-0.3, -0.25) is 4.79 Å². The molecule has 28 heavy (non-hydrogen) atoms. The SMILES string of the molecule is C=C(C)COc1cccc(C(=O)Nc2ccc(OCc3ccccc3)cc2)c1. The van der Waals surface area contributed by atoms with Gasteiger partial charge in [0.2, 0.25) is 0 Å². The molecule has 0 bridgehead atoms. The standard InChI is InChI=1S/C24H23NO3/c1-18(2)16-27-23-10-6-9-20(15-23)24(26)25-21-11-13-22(14-12-21)28-17-19-7-4-3-5-8-19/h3-15H,1,16-17H2,2H3,(H,25,26). The van der Waals surface area contributed by atoms with Gasteiger partial charge in [0.1, 0.15) is 24.7 Å². The second-order valence-electron chi connectivity index (χ2n) is 6.53. The fourth-order valence-corrected chi connectivity index (χ4v) is 2.51. The number of nitrogens with one attached hydrogen (secondary N) is 1. The highest BCUT2D eigenvalue weighted by molar-refractivity contribution is 6.04. The Labute approximate surface area is 165 Å². The smallest absolute Gasteiger partial charge is 0.255 e. The fraction of sp³-hybridized carbons (Fsp3) is 0.125. The van der Waals surface area contributed by atoms with Crippen molar-refractivity contribution in [2.45, 2.75) is 13.5 Å². The van der Waals surface area contributed by atoms with Gasteiger partial charge >= 0.3 is 0 Å². The summed E-state index contributed by atoms with van der Waals surface area (Å²) in [6, 6.07) is 24.4. The highest BCUT2D eigenvalue weighted by Crippen LogP contribution is 2.19. The molecular formula is C24H23NO3. The zero-order valence-corrected chi connectivity index (χ0v) is 15.9. The topological polar surface area (TPSA) is 47.6 Å². The van der Waals surface area contributed by atoms with Gasteiger partial charge in [0.15, 0.2) is 0 Å². The lowest BCUT2D eigenvalue weighted by molar-refractivity contribution is 0.102. The van der Waals surface area contributed by atoms with Crippen LogP contribution in [0.15, 0.2) is 91.0 Å². The van der Waals surface area contributed by atoms with Crippen molar-refractivity contribution >= 4 is 11.6 Å². The molecule has 0 aliphatic heterocycles. The molecule has 0 saturated heterocycles. The lowest BCUT2D eigenvalue weighted by Gasteiger charge is -2.10. The molecule has 4 heteroatoms. The van der Waals surface area contributed by atoms with Crippen molar-refractivity contribution in [3.05, 3.63) is 102 Å². The van der Waals surface area contributed by atoms with Crippen LogP contribution in [0.1, 0.15) is 22.8 Å². The first-order valence-corrected chi connectivity index (χ1v) is 9.05. The van der Waals surface area contributed by atoms with E-state index in [1.807, 2.05) is 67.6 Å². The van der Waals surface area contributed by atoms with E-state index in [0.29, 0.717) is 30.2 Å². The average molecular weight is 373 g/mol. The molecule has 0 fully saturated rings. The summed E-state index contributed by atoms with van der Waals surface area (Å²) in [5.41, 5.74) is 3.26. The zero-order chi connectivity index (χ0) is 19.8. The normalized spacial score (nSPS) is 10.2. The molecule has 0 unspecified atom stereocenters. The molecule has 0 aliphatic rings. The molecule has 1 amide bonds. The summed E-state index contributed by atoms with van der Waals surface area (Å²) < 4.78 is 11.4. The minimum absolute atomic E-state index is 0.196. The molecule has 0 spiro atoms. The second kappa shape index (κ2) is 9.42. The van der Waals surface area contributed by atoms with Gasteiger partial charge in [-0.1, -0.05) is 43.0 Å². The number of hydrogen-bond acceptors (Lipinski definition) is 3. The highest BCUT2D eigenvalue weighted by atomic mass is 16.5. The van der Waals surface area contributed by atoms with E-state index in [1.165, 1.54) is 0 Å². The minimum atomic E-state index is -0.196. The van der Waals surface area contributed by atoms with Gasteiger partial charge in [0, 0.05) is 11.3 Å². The largest absolute Gasteiger partial charge is 0.489 e. The first kappa shape index (κ1) is 19.2. The van der Waals surface area contributed by atoms with E-state index in [4.69, 9.17) is 9.47 Å². The summed E-state index contributed by atoms with van der Waals surface area (Å²) in [5.74, 6) is 1.19. The van der Waals surface area contributed by atoms with Gasteiger partial charge in [-0.05, 0) is 60.5 Å². The molecule has 0 saturated carbocycles. The summed E-state index contributed by atoms with van der Waals surface area (Å²) in [4.78, 5) is 12.5. The highest BCUT2D eigenvalue weighted by Gasteiger charge is 2.08. The van der Waals surface area contributed by atoms with E-state index in [1.54, 1.807) is 18.2 Å². The fourth-order valence-electron chi connectivity index (χ4n) is 2.51. The van der Waals surface area contributed by atoms with Crippen LogP contribution < -0.4 is 14.8 Å². The van der Waals surface area contributed by atoms with Gasteiger partial charge in [-0.2, -0.15) is 0 Å². The molecular weight excluding hydrogens is 350 g/mol. The number of benzene rings is 3. The van der Waals surface area contributed by atoms with Crippen LogP contribution >= 0.6 is 0 Å². The molecule has 142 valence electrons. The number of ether oxygens (including phenoxy) is 2. The lowest BCUT2D eigenvalue weighted by atomic mass is 10.2. The number of carbonyl (C=O) groups excluding carboxylic acids is 1. The van der Waals surface area contributed by atoms with Crippen LogP contribution in [-0.4, -0.2) is 12.5 Å². The van der Waals surface area contributed by atoms with Gasteiger partial charge < -0.3 is 14.8 Å². The molecule has 0 atom stereocenters. The molecule has 1 N–H and O–H groups in total. The van der Waals surface area contributed by atoms with Crippen LogP contribution in [0, 0.1) is 0 Å². The number of rotatable bonds is 8. The van der Waals surface area contributed by atoms with Gasteiger partial charge in [-0.25, -0.2) is 0 Å². The Bertz CT molecular complexity index is 934. The molecule has 3 aromatic carbocycles. The van der Waals surface area contributed by atoms with Crippen LogP contribution in [0.3, 0.4) is 0 Å². The average Bonchev–Trinajstić information content (AvgIpc) is 2.73. The maximum atomic E-state index is 12.5. The van der Waals surface area contributed by atoms with Crippen molar-refractivity contribution < 1.29 is 14.3 Å². The van der Waals surface area contributed by atoms with Crippen molar-refractivity contribution in [1.29, 1.82) is 0 Å². The van der Waals surface area contributed by atoms with Crippen molar-refractivity contribution in [1.82, 2.24) is 0 Å². The molecule has 0 aromatic heterocycles. The summed E-state index contributed by atoms with van der Waals surface area (Å²) in [5, 5.41) is 2.88.